The summed E-state index contributed by atoms with van der Waals surface area (Å²) in [7, 11) is 0. The Morgan fingerprint density at radius 1 is 0.933 bits per heavy atom. The summed E-state index contributed by atoms with van der Waals surface area (Å²) in [6.45, 7) is 8.48. The Morgan fingerprint density at radius 2 is 1.47 bits per heavy atom. The van der Waals surface area contributed by atoms with E-state index in [2.05, 4.69) is 20.8 Å². The van der Waals surface area contributed by atoms with E-state index in [0.29, 0.717) is 0 Å². The summed E-state index contributed by atoms with van der Waals surface area (Å²) in [6.07, 6.45) is 6.33. The van der Waals surface area contributed by atoms with Crippen LogP contribution in [0.2, 0.25) is 0 Å². The van der Waals surface area contributed by atoms with Gasteiger partial charge in [-0.15, -0.1) is 0 Å². The molecule has 90 valence electrons. The molecule has 0 spiro atoms. The second-order valence-corrected chi connectivity index (χ2v) is 4.49. The van der Waals surface area contributed by atoms with Crippen molar-refractivity contribution in [1.29, 1.82) is 0 Å². The highest BCUT2D eigenvalue weighted by Crippen LogP contribution is 2.28. The van der Waals surface area contributed by atoms with Crippen LogP contribution in [-0.4, -0.2) is 19.5 Å². The van der Waals surface area contributed by atoms with Crippen molar-refractivity contribution in [1.82, 2.24) is 0 Å². The first-order chi connectivity index (χ1) is 7.31. The molecule has 2 nitrogen and oxygen atoms in total. The van der Waals surface area contributed by atoms with Gasteiger partial charge in [0.2, 0.25) is 0 Å². The van der Waals surface area contributed by atoms with Crippen molar-refractivity contribution in [3.63, 3.8) is 0 Å². The van der Waals surface area contributed by atoms with Crippen molar-refractivity contribution < 1.29 is 9.47 Å². The van der Waals surface area contributed by atoms with E-state index in [-0.39, 0.29) is 6.29 Å². The number of hydrogen-bond acceptors (Lipinski definition) is 2. The minimum atomic E-state index is 0.0911. The van der Waals surface area contributed by atoms with Crippen molar-refractivity contribution in [2.75, 3.05) is 13.2 Å². The lowest BCUT2D eigenvalue weighted by Crippen LogP contribution is -2.16. The SMILES string of the molecule is CCC(CC)[C@H](CC)CCC1OCCO1. The molecule has 1 aliphatic heterocycles. The highest BCUT2D eigenvalue weighted by Gasteiger charge is 2.21. The van der Waals surface area contributed by atoms with Crippen LogP contribution >= 0.6 is 0 Å². The smallest absolute Gasteiger partial charge is 0.157 e. The maximum absolute atomic E-state index is 5.47. The lowest BCUT2D eigenvalue weighted by atomic mass is 9.83. The van der Waals surface area contributed by atoms with Crippen LogP contribution in [0.25, 0.3) is 0 Å². The molecule has 1 atom stereocenters. The summed E-state index contributed by atoms with van der Waals surface area (Å²) < 4.78 is 10.9. The maximum atomic E-state index is 5.47. The van der Waals surface area contributed by atoms with E-state index < -0.39 is 0 Å². The van der Waals surface area contributed by atoms with Crippen molar-refractivity contribution in [3.05, 3.63) is 0 Å². The molecule has 0 saturated carbocycles. The zero-order chi connectivity index (χ0) is 11.1. The summed E-state index contributed by atoms with van der Waals surface area (Å²) in [5.74, 6) is 1.74. The average molecular weight is 214 g/mol. The van der Waals surface area contributed by atoms with Gasteiger partial charge in [-0.1, -0.05) is 40.0 Å². The van der Waals surface area contributed by atoms with Gasteiger partial charge >= 0.3 is 0 Å². The molecular formula is C13H26O2. The Balaban J connectivity index is 2.25. The van der Waals surface area contributed by atoms with Crippen LogP contribution in [-0.2, 0) is 9.47 Å². The van der Waals surface area contributed by atoms with E-state index in [9.17, 15) is 0 Å². The van der Waals surface area contributed by atoms with Crippen molar-refractivity contribution in [2.24, 2.45) is 11.8 Å². The maximum Gasteiger partial charge on any atom is 0.157 e. The molecule has 0 aliphatic carbocycles. The van der Waals surface area contributed by atoms with Gasteiger partial charge in [0.05, 0.1) is 13.2 Å². The minimum Gasteiger partial charge on any atom is -0.350 e. The van der Waals surface area contributed by atoms with Gasteiger partial charge in [-0.05, 0) is 24.7 Å². The van der Waals surface area contributed by atoms with E-state index in [1.54, 1.807) is 0 Å². The Morgan fingerprint density at radius 3 is 1.93 bits per heavy atom. The third-order valence-electron chi connectivity index (χ3n) is 3.70. The summed E-state index contributed by atoms with van der Waals surface area (Å²) in [4.78, 5) is 0. The summed E-state index contributed by atoms with van der Waals surface area (Å²) in [5.41, 5.74) is 0. The Hall–Kier alpha value is -0.0800. The van der Waals surface area contributed by atoms with E-state index in [1.165, 1.54) is 25.7 Å². The molecule has 0 bridgehead atoms. The molecule has 1 saturated heterocycles. The first-order valence-corrected chi connectivity index (χ1v) is 6.54. The molecule has 0 N–H and O–H groups in total. The van der Waals surface area contributed by atoms with Crippen molar-refractivity contribution in [2.45, 2.75) is 59.2 Å². The van der Waals surface area contributed by atoms with Crippen molar-refractivity contribution in [3.8, 4) is 0 Å². The predicted octanol–water partition coefficient (Wildman–Crippen LogP) is 3.60. The molecule has 1 aliphatic rings. The van der Waals surface area contributed by atoms with Crippen LogP contribution in [0.1, 0.15) is 52.9 Å². The number of hydrogen-bond donors (Lipinski definition) is 0. The zero-order valence-electron chi connectivity index (χ0n) is 10.5. The van der Waals surface area contributed by atoms with Crippen LogP contribution < -0.4 is 0 Å². The molecule has 1 fully saturated rings. The highest BCUT2D eigenvalue weighted by molar-refractivity contribution is 4.68. The average Bonchev–Trinajstić information content (AvgIpc) is 2.77. The minimum absolute atomic E-state index is 0.0911. The molecule has 1 rings (SSSR count). The fraction of sp³-hybridized carbons (Fsp3) is 1.00. The normalized spacial score (nSPS) is 20.0. The van der Waals surface area contributed by atoms with Crippen LogP contribution in [0.4, 0.5) is 0 Å². The Kier molecular flexibility index (Phi) is 6.26. The van der Waals surface area contributed by atoms with Crippen LogP contribution in [0.5, 0.6) is 0 Å². The number of ether oxygens (including phenoxy) is 2. The third-order valence-corrected chi connectivity index (χ3v) is 3.70. The monoisotopic (exact) mass is 214 g/mol. The summed E-state index contributed by atoms with van der Waals surface area (Å²) in [6, 6.07) is 0. The second-order valence-electron chi connectivity index (χ2n) is 4.49. The second kappa shape index (κ2) is 7.24. The topological polar surface area (TPSA) is 18.5 Å². The van der Waals surface area contributed by atoms with E-state index in [0.717, 1.165) is 31.5 Å². The lowest BCUT2D eigenvalue weighted by molar-refractivity contribution is -0.0516. The van der Waals surface area contributed by atoms with E-state index in [1.807, 2.05) is 0 Å². The standard InChI is InChI=1S/C13H26O2/c1-4-11(5-2)12(6-3)7-8-13-14-9-10-15-13/h11-13H,4-10H2,1-3H3/t12-/m1/s1. The van der Waals surface area contributed by atoms with E-state index >= 15 is 0 Å². The van der Waals surface area contributed by atoms with E-state index in [4.69, 9.17) is 9.47 Å². The van der Waals surface area contributed by atoms with Gasteiger partial charge in [0.15, 0.2) is 6.29 Å². The van der Waals surface area contributed by atoms with Gasteiger partial charge in [0.1, 0.15) is 0 Å². The molecule has 1 heterocycles. The zero-order valence-corrected chi connectivity index (χ0v) is 10.5. The third kappa shape index (κ3) is 4.12. The van der Waals surface area contributed by atoms with Gasteiger partial charge in [0.25, 0.3) is 0 Å². The fourth-order valence-electron chi connectivity index (χ4n) is 2.65. The Bertz CT molecular complexity index is 149. The largest absolute Gasteiger partial charge is 0.350 e. The Labute approximate surface area is 94.3 Å². The van der Waals surface area contributed by atoms with Gasteiger partial charge in [-0.3, -0.25) is 0 Å². The molecular weight excluding hydrogens is 188 g/mol. The molecule has 0 aromatic heterocycles. The molecule has 0 unspecified atom stereocenters. The first-order valence-electron chi connectivity index (χ1n) is 6.54. The molecule has 15 heavy (non-hydrogen) atoms. The van der Waals surface area contributed by atoms with Crippen LogP contribution in [0.15, 0.2) is 0 Å². The lowest BCUT2D eigenvalue weighted by Gasteiger charge is -2.24. The highest BCUT2D eigenvalue weighted by atomic mass is 16.7. The predicted molar refractivity (Wildman–Crippen MR) is 62.8 cm³/mol. The molecule has 0 amide bonds. The number of rotatable bonds is 7. The quantitative estimate of drug-likeness (QED) is 0.644. The van der Waals surface area contributed by atoms with Gasteiger partial charge in [-0.25, -0.2) is 0 Å². The summed E-state index contributed by atoms with van der Waals surface area (Å²) >= 11 is 0. The van der Waals surface area contributed by atoms with Gasteiger partial charge in [-0.2, -0.15) is 0 Å². The fourth-order valence-corrected chi connectivity index (χ4v) is 2.65. The van der Waals surface area contributed by atoms with Crippen LogP contribution in [0.3, 0.4) is 0 Å². The molecule has 0 radical (unpaired) electrons. The molecule has 0 aromatic rings. The molecule has 0 aromatic carbocycles. The van der Waals surface area contributed by atoms with Crippen LogP contribution in [0, 0.1) is 11.8 Å². The molecule has 2 heteroatoms. The summed E-state index contributed by atoms with van der Waals surface area (Å²) in [5, 5.41) is 0. The van der Waals surface area contributed by atoms with Crippen molar-refractivity contribution >= 4 is 0 Å². The van der Waals surface area contributed by atoms with Gasteiger partial charge in [0, 0.05) is 0 Å². The van der Waals surface area contributed by atoms with Gasteiger partial charge < -0.3 is 9.47 Å². The first kappa shape index (κ1) is 13.0.